The molecule has 0 bridgehead atoms. The molecule has 1 aliphatic rings. The van der Waals surface area contributed by atoms with E-state index in [0.29, 0.717) is 13.0 Å². The fraction of sp³-hybridized carbons (Fsp3) is 0.538. The molecule has 0 heterocycles. The standard InChI is InChI=1S/C13H18O3.C13H20O3/c1-2-3-4-7-10-16-13(15)11-8-5-6-9-12(11)14;1-2-3-4-6-9-13(12(15)16)10-7-5-8-11(13)14/h5-6,8-9,14H,2-4,7,10H2,1H3;5,7-8,10-11,14H,2-4,6,9H2,1H3,(H,15,16). The maximum Gasteiger partial charge on any atom is 0.341 e. The van der Waals surface area contributed by atoms with Crippen LogP contribution in [0, 0.1) is 5.41 Å². The van der Waals surface area contributed by atoms with Crippen molar-refractivity contribution in [1.29, 1.82) is 0 Å². The second-order valence-corrected chi connectivity index (χ2v) is 8.06. The predicted molar refractivity (Wildman–Crippen MR) is 126 cm³/mol. The van der Waals surface area contributed by atoms with E-state index in [4.69, 9.17) is 4.74 Å². The van der Waals surface area contributed by atoms with E-state index in [0.717, 1.165) is 51.4 Å². The molecule has 2 rings (SSSR count). The second-order valence-electron chi connectivity index (χ2n) is 8.06. The number of allylic oxidation sites excluding steroid dienone is 2. The van der Waals surface area contributed by atoms with Crippen molar-refractivity contribution in [1.82, 2.24) is 0 Å². The van der Waals surface area contributed by atoms with Gasteiger partial charge in [0.2, 0.25) is 0 Å². The summed E-state index contributed by atoms with van der Waals surface area (Å²) in [6, 6.07) is 6.41. The van der Waals surface area contributed by atoms with Crippen LogP contribution in [0.4, 0.5) is 0 Å². The van der Waals surface area contributed by atoms with Gasteiger partial charge in [0.25, 0.3) is 0 Å². The van der Waals surface area contributed by atoms with Crippen LogP contribution in [0.1, 0.15) is 82.0 Å². The number of carboxylic acids is 1. The van der Waals surface area contributed by atoms with E-state index < -0.39 is 23.5 Å². The van der Waals surface area contributed by atoms with E-state index >= 15 is 0 Å². The SMILES string of the molecule is CCCCCCC1(C(=O)O)C=CC=CC1O.CCCCCCOC(=O)c1ccccc1O. The third-order valence-corrected chi connectivity index (χ3v) is 5.52. The Kier molecular flexibility index (Phi) is 13.1. The van der Waals surface area contributed by atoms with Gasteiger partial charge in [-0.3, -0.25) is 4.79 Å². The Balaban J connectivity index is 0.000000320. The Hall–Kier alpha value is -2.60. The summed E-state index contributed by atoms with van der Waals surface area (Å²) in [5.41, 5.74) is -0.874. The van der Waals surface area contributed by atoms with Gasteiger partial charge in [0.05, 0.1) is 12.7 Å². The Bertz CT molecular complexity index is 754. The third kappa shape index (κ3) is 8.87. The third-order valence-electron chi connectivity index (χ3n) is 5.52. The molecule has 0 fully saturated rings. The van der Waals surface area contributed by atoms with E-state index in [1.54, 1.807) is 42.5 Å². The van der Waals surface area contributed by atoms with Gasteiger partial charge in [-0.05, 0) is 25.0 Å². The minimum Gasteiger partial charge on any atom is -0.507 e. The first-order chi connectivity index (χ1) is 15.4. The molecule has 1 aromatic carbocycles. The number of hydrogen-bond acceptors (Lipinski definition) is 5. The average Bonchev–Trinajstić information content (AvgIpc) is 2.78. The van der Waals surface area contributed by atoms with E-state index in [-0.39, 0.29) is 11.3 Å². The van der Waals surface area contributed by atoms with Crippen LogP contribution < -0.4 is 0 Å². The highest BCUT2D eigenvalue weighted by Gasteiger charge is 2.42. The zero-order valence-electron chi connectivity index (χ0n) is 19.3. The van der Waals surface area contributed by atoms with E-state index in [1.807, 2.05) is 0 Å². The summed E-state index contributed by atoms with van der Waals surface area (Å²) in [5, 5.41) is 28.5. The van der Waals surface area contributed by atoms with E-state index in [1.165, 1.54) is 6.07 Å². The van der Waals surface area contributed by atoms with Gasteiger partial charge in [-0.15, -0.1) is 0 Å². The molecule has 1 aliphatic carbocycles. The van der Waals surface area contributed by atoms with Crippen LogP contribution in [0.15, 0.2) is 48.6 Å². The van der Waals surface area contributed by atoms with Crippen LogP contribution in [0.25, 0.3) is 0 Å². The Morgan fingerprint density at radius 2 is 1.62 bits per heavy atom. The number of carbonyl (C=O) groups excluding carboxylic acids is 1. The lowest BCUT2D eigenvalue weighted by atomic mass is 9.75. The Labute approximate surface area is 191 Å². The number of aliphatic carboxylic acids is 1. The molecular weight excluding hydrogens is 408 g/mol. The molecule has 1 aromatic rings. The molecule has 0 radical (unpaired) electrons. The number of aliphatic hydroxyl groups is 1. The van der Waals surface area contributed by atoms with Gasteiger partial charge in [0.15, 0.2) is 0 Å². The molecule has 0 saturated carbocycles. The zero-order chi connectivity index (χ0) is 23.8. The van der Waals surface area contributed by atoms with Crippen molar-refractivity contribution in [3.8, 4) is 5.75 Å². The van der Waals surface area contributed by atoms with E-state index in [9.17, 15) is 24.9 Å². The van der Waals surface area contributed by atoms with Gasteiger partial charge in [-0.25, -0.2) is 4.79 Å². The maximum atomic E-state index is 11.5. The molecule has 0 spiro atoms. The fourth-order valence-corrected chi connectivity index (χ4v) is 3.46. The number of phenolic OH excluding ortho intramolecular Hbond substituents is 1. The molecule has 32 heavy (non-hydrogen) atoms. The van der Waals surface area contributed by atoms with Gasteiger partial charge < -0.3 is 20.1 Å². The Morgan fingerprint density at radius 3 is 2.22 bits per heavy atom. The monoisotopic (exact) mass is 446 g/mol. The normalized spacial score (nSPS) is 19.2. The van der Waals surface area contributed by atoms with Crippen LogP contribution in [-0.4, -0.2) is 40.0 Å². The summed E-state index contributed by atoms with van der Waals surface area (Å²) in [6.07, 6.45) is 14.5. The highest BCUT2D eigenvalue weighted by Crippen LogP contribution is 2.34. The number of aliphatic hydroxyl groups excluding tert-OH is 1. The topological polar surface area (TPSA) is 104 Å². The van der Waals surface area contributed by atoms with Crippen LogP contribution in [0.2, 0.25) is 0 Å². The number of unbranched alkanes of at least 4 members (excludes halogenated alkanes) is 6. The van der Waals surface area contributed by atoms with Crippen molar-refractivity contribution in [3.05, 3.63) is 54.1 Å². The average molecular weight is 447 g/mol. The highest BCUT2D eigenvalue weighted by atomic mass is 16.5. The summed E-state index contributed by atoms with van der Waals surface area (Å²) < 4.78 is 5.06. The number of para-hydroxylation sites is 1. The second kappa shape index (κ2) is 15.2. The molecule has 0 amide bonds. The highest BCUT2D eigenvalue weighted by molar-refractivity contribution is 5.92. The molecule has 0 aliphatic heterocycles. The number of ether oxygens (including phenoxy) is 1. The smallest absolute Gasteiger partial charge is 0.341 e. The molecule has 0 saturated heterocycles. The lowest BCUT2D eigenvalue weighted by Crippen LogP contribution is -2.40. The molecule has 0 aromatic heterocycles. The van der Waals surface area contributed by atoms with Crippen LogP contribution in [0.5, 0.6) is 5.75 Å². The number of esters is 1. The van der Waals surface area contributed by atoms with Crippen LogP contribution in [-0.2, 0) is 9.53 Å². The predicted octanol–water partition coefficient (Wildman–Crippen LogP) is 5.64. The lowest BCUT2D eigenvalue weighted by Gasteiger charge is -2.31. The van der Waals surface area contributed by atoms with Crippen LogP contribution in [0.3, 0.4) is 0 Å². The first kappa shape index (κ1) is 27.4. The van der Waals surface area contributed by atoms with Crippen molar-refractivity contribution in [2.24, 2.45) is 5.41 Å². The largest absolute Gasteiger partial charge is 0.507 e. The number of carboxylic acid groups (broad SMARTS) is 1. The molecule has 6 heteroatoms. The molecule has 2 atom stereocenters. The molecular formula is C26H38O6. The fourth-order valence-electron chi connectivity index (χ4n) is 3.46. The van der Waals surface area contributed by atoms with Gasteiger partial charge in [-0.2, -0.15) is 0 Å². The lowest BCUT2D eigenvalue weighted by molar-refractivity contribution is -0.151. The summed E-state index contributed by atoms with van der Waals surface area (Å²) in [6.45, 7) is 4.67. The van der Waals surface area contributed by atoms with Crippen molar-refractivity contribution in [2.75, 3.05) is 6.61 Å². The molecule has 2 unspecified atom stereocenters. The number of carbonyl (C=O) groups is 2. The number of phenols is 1. The number of benzene rings is 1. The molecule has 6 nitrogen and oxygen atoms in total. The first-order valence-electron chi connectivity index (χ1n) is 11.6. The minimum absolute atomic E-state index is 0.0268. The number of hydrogen-bond donors (Lipinski definition) is 3. The summed E-state index contributed by atoms with van der Waals surface area (Å²) in [5.74, 6) is -1.41. The van der Waals surface area contributed by atoms with E-state index in [2.05, 4.69) is 13.8 Å². The first-order valence-corrected chi connectivity index (χ1v) is 11.6. The molecule has 3 N–H and O–H groups in total. The van der Waals surface area contributed by atoms with Crippen molar-refractivity contribution >= 4 is 11.9 Å². The summed E-state index contributed by atoms with van der Waals surface area (Å²) in [7, 11) is 0. The van der Waals surface area contributed by atoms with Crippen molar-refractivity contribution in [2.45, 2.75) is 77.7 Å². The summed E-state index contributed by atoms with van der Waals surface area (Å²) in [4.78, 5) is 22.8. The molecule has 178 valence electrons. The van der Waals surface area contributed by atoms with Crippen molar-refractivity contribution < 1.29 is 29.6 Å². The maximum absolute atomic E-state index is 11.5. The van der Waals surface area contributed by atoms with Gasteiger partial charge in [0.1, 0.15) is 16.7 Å². The minimum atomic E-state index is -1.11. The van der Waals surface area contributed by atoms with Crippen LogP contribution >= 0.6 is 0 Å². The zero-order valence-corrected chi connectivity index (χ0v) is 19.3. The number of aromatic hydroxyl groups is 1. The van der Waals surface area contributed by atoms with Crippen molar-refractivity contribution in [3.63, 3.8) is 0 Å². The van der Waals surface area contributed by atoms with Gasteiger partial charge in [0, 0.05) is 0 Å². The summed E-state index contributed by atoms with van der Waals surface area (Å²) >= 11 is 0. The quantitative estimate of drug-likeness (QED) is 0.283. The van der Waals surface area contributed by atoms with Gasteiger partial charge in [-0.1, -0.05) is 95.2 Å². The number of rotatable bonds is 12. The van der Waals surface area contributed by atoms with Gasteiger partial charge >= 0.3 is 11.9 Å². The Morgan fingerprint density at radius 1 is 0.969 bits per heavy atom.